The molecular weight excluding hydrogens is 248 g/mol. The maximum Gasteiger partial charge on any atom is 0.251 e. The van der Waals surface area contributed by atoms with Gasteiger partial charge in [-0.25, -0.2) is 0 Å². The number of rotatable bonds is 4. The summed E-state index contributed by atoms with van der Waals surface area (Å²) in [5, 5.41) is 2.94. The second-order valence-corrected chi connectivity index (χ2v) is 4.98. The fourth-order valence-electron chi connectivity index (χ4n) is 2.16. The third-order valence-corrected chi connectivity index (χ3v) is 3.43. The van der Waals surface area contributed by atoms with Crippen molar-refractivity contribution < 1.29 is 4.79 Å². The molecule has 4 heteroatoms. The molecule has 2 rings (SSSR count). The molecule has 1 aliphatic rings. The van der Waals surface area contributed by atoms with Crippen LogP contribution in [-0.2, 0) is 0 Å². The molecule has 1 saturated carbocycles. The Morgan fingerprint density at radius 3 is 2.44 bits per heavy atom. The molecule has 18 heavy (non-hydrogen) atoms. The molecule has 0 heterocycles. The quantitative estimate of drug-likeness (QED) is 0.880. The summed E-state index contributed by atoms with van der Waals surface area (Å²) in [6, 6.07) is 6.01. The largest absolute Gasteiger partial charge is 0.350 e. The van der Waals surface area contributed by atoms with Gasteiger partial charge in [0.05, 0.1) is 0 Å². The Balaban J connectivity index is 0.00000162. The summed E-state index contributed by atoms with van der Waals surface area (Å²) >= 11 is 0. The Bertz CT molecular complexity index is 410. The molecular formula is C14H21ClN2O. The molecule has 1 aromatic carbocycles. The Morgan fingerprint density at radius 2 is 1.94 bits per heavy atom. The number of carbonyl (C=O) groups excluding carboxylic acids is 1. The number of halogens is 1. The second-order valence-electron chi connectivity index (χ2n) is 4.98. The number of aryl methyl sites for hydroxylation is 2. The zero-order valence-corrected chi connectivity index (χ0v) is 11.7. The number of hydrogen-bond acceptors (Lipinski definition) is 2. The highest BCUT2D eigenvalue weighted by Crippen LogP contribution is 2.31. The van der Waals surface area contributed by atoms with Crippen molar-refractivity contribution in [1.82, 2.24) is 5.32 Å². The van der Waals surface area contributed by atoms with Gasteiger partial charge in [0, 0.05) is 18.2 Å². The molecule has 3 N–H and O–H groups in total. The maximum atomic E-state index is 12.1. The smallest absolute Gasteiger partial charge is 0.251 e. The van der Waals surface area contributed by atoms with E-state index < -0.39 is 0 Å². The Labute approximate surface area is 115 Å². The van der Waals surface area contributed by atoms with Crippen LogP contribution in [0.4, 0.5) is 0 Å². The van der Waals surface area contributed by atoms with Gasteiger partial charge in [0.2, 0.25) is 0 Å². The second kappa shape index (κ2) is 6.21. The molecule has 1 unspecified atom stereocenters. The van der Waals surface area contributed by atoms with E-state index in [1.807, 2.05) is 32.0 Å². The first-order valence-corrected chi connectivity index (χ1v) is 6.19. The van der Waals surface area contributed by atoms with Crippen LogP contribution in [0, 0.1) is 19.8 Å². The highest BCUT2D eigenvalue weighted by molar-refractivity contribution is 5.97. The van der Waals surface area contributed by atoms with Gasteiger partial charge in [0.1, 0.15) is 0 Å². The van der Waals surface area contributed by atoms with Crippen molar-refractivity contribution >= 4 is 18.3 Å². The lowest BCUT2D eigenvalue weighted by molar-refractivity contribution is 0.0949. The first kappa shape index (κ1) is 15.0. The van der Waals surface area contributed by atoms with E-state index >= 15 is 0 Å². The fraction of sp³-hybridized carbons (Fsp3) is 0.500. The number of carbonyl (C=O) groups is 1. The van der Waals surface area contributed by atoms with Gasteiger partial charge in [-0.15, -0.1) is 12.4 Å². The normalized spacial score (nSPS) is 15.7. The molecule has 1 aliphatic carbocycles. The van der Waals surface area contributed by atoms with Crippen LogP contribution < -0.4 is 11.1 Å². The molecule has 3 nitrogen and oxygen atoms in total. The van der Waals surface area contributed by atoms with Gasteiger partial charge < -0.3 is 11.1 Å². The van der Waals surface area contributed by atoms with Crippen LogP contribution in [0.25, 0.3) is 0 Å². The average molecular weight is 269 g/mol. The number of benzene rings is 1. The molecule has 0 aliphatic heterocycles. The topological polar surface area (TPSA) is 55.1 Å². The van der Waals surface area contributed by atoms with E-state index in [2.05, 4.69) is 5.32 Å². The van der Waals surface area contributed by atoms with Crippen LogP contribution >= 0.6 is 12.4 Å². The number of hydrogen-bond donors (Lipinski definition) is 2. The van der Waals surface area contributed by atoms with Crippen molar-refractivity contribution in [1.29, 1.82) is 0 Å². The summed E-state index contributed by atoms with van der Waals surface area (Å²) in [6.45, 7) is 4.50. The zero-order valence-electron chi connectivity index (χ0n) is 10.9. The minimum Gasteiger partial charge on any atom is -0.350 e. The summed E-state index contributed by atoms with van der Waals surface area (Å²) in [5.41, 5.74) is 8.79. The van der Waals surface area contributed by atoms with Crippen molar-refractivity contribution in [2.24, 2.45) is 11.7 Å². The zero-order chi connectivity index (χ0) is 12.4. The van der Waals surface area contributed by atoms with Crippen molar-refractivity contribution in [2.75, 3.05) is 6.54 Å². The van der Waals surface area contributed by atoms with Gasteiger partial charge in [-0.2, -0.15) is 0 Å². The predicted molar refractivity (Wildman–Crippen MR) is 76.2 cm³/mol. The van der Waals surface area contributed by atoms with Gasteiger partial charge >= 0.3 is 0 Å². The summed E-state index contributed by atoms with van der Waals surface area (Å²) in [7, 11) is 0. The standard InChI is InChI=1S/C14H20N2O.ClH/c1-9-4-3-5-10(2)13(9)14(17)16-8-12(15)11-6-7-11;/h3-5,11-12H,6-8,15H2,1-2H3,(H,16,17);1H. The highest BCUT2D eigenvalue weighted by atomic mass is 35.5. The van der Waals surface area contributed by atoms with E-state index in [0.717, 1.165) is 16.7 Å². The summed E-state index contributed by atoms with van der Waals surface area (Å²) in [4.78, 5) is 12.1. The SMILES string of the molecule is Cc1cccc(C)c1C(=O)NCC(N)C1CC1.Cl. The van der Waals surface area contributed by atoms with E-state index in [-0.39, 0.29) is 24.4 Å². The molecule has 0 bridgehead atoms. The van der Waals surface area contributed by atoms with Gasteiger partial charge in [-0.3, -0.25) is 4.79 Å². The maximum absolute atomic E-state index is 12.1. The van der Waals surface area contributed by atoms with Crippen LogP contribution in [0.5, 0.6) is 0 Å². The molecule has 0 spiro atoms. The minimum atomic E-state index is -0.00306. The molecule has 0 aromatic heterocycles. The summed E-state index contributed by atoms with van der Waals surface area (Å²) < 4.78 is 0. The number of nitrogens with one attached hydrogen (secondary N) is 1. The van der Waals surface area contributed by atoms with E-state index in [4.69, 9.17) is 5.73 Å². The predicted octanol–water partition coefficient (Wildman–Crippen LogP) is 2.19. The van der Waals surface area contributed by atoms with E-state index in [9.17, 15) is 4.79 Å². The fourth-order valence-corrected chi connectivity index (χ4v) is 2.16. The molecule has 1 fully saturated rings. The lowest BCUT2D eigenvalue weighted by Gasteiger charge is -2.14. The first-order valence-electron chi connectivity index (χ1n) is 6.19. The third kappa shape index (κ3) is 3.47. The molecule has 100 valence electrons. The number of amides is 1. The number of nitrogens with two attached hydrogens (primary N) is 1. The molecule has 1 atom stereocenters. The minimum absolute atomic E-state index is 0. The van der Waals surface area contributed by atoms with E-state index in [1.165, 1.54) is 12.8 Å². The lowest BCUT2D eigenvalue weighted by Crippen LogP contribution is -2.39. The van der Waals surface area contributed by atoms with Crippen molar-refractivity contribution in [2.45, 2.75) is 32.7 Å². The van der Waals surface area contributed by atoms with E-state index in [1.54, 1.807) is 0 Å². The average Bonchev–Trinajstić information content (AvgIpc) is 3.09. The molecule has 1 amide bonds. The van der Waals surface area contributed by atoms with Gasteiger partial charge in [-0.05, 0) is 43.7 Å². The molecule has 1 aromatic rings. The first-order chi connectivity index (χ1) is 8.09. The van der Waals surface area contributed by atoms with Crippen LogP contribution in [0.15, 0.2) is 18.2 Å². The Hall–Kier alpha value is -1.06. The van der Waals surface area contributed by atoms with Crippen LogP contribution in [-0.4, -0.2) is 18.5 Å². The van der Waals surface area contributed by atoms with Gasteiger partial charge in [-0.1, -0.05) is 18.2 Å². The van der Waals surface area contributed by atoms with Crippen molar-refractivity contribution in [3.63, 3.8) is 0 Å². The van der Waals surface area contributed by atoms with Crippen molar-refractivity contribution in [3.8, 4) is 0 Å². The Kier molecular flexibility index (Phi) is 5.17. The summed E-state index contributed by atoms with van der Waals surface area (Å²) in [5.74, 6) is 0.616. The summed E-state index contributed by atoms with van der Waals surface area (Å²) in [6.07, 6.45) is 2.42. The molecule has 0 radical (unpaired) electrons. The van der Waals surface area contributed by atoms with Gasteiger partial charge in [0.15, 0.2) is 0 Å². The van der Waals surface area contributed by atoms with Crippen LogP contribution in [0.2, 0.25) is 0 Å². The highest BCUT2D eigenvalue weighted by Gasteiger charge is 2.28. The Morgan fingerprint density at radius 1 is 1.39 bits per heavy atom. The third-order valence-electron chi connectivity index (χ3n) is 3.43. The van der Waals surface area contributed by atoms with Crippen LogP contribution in [0.3, 0.4) is 0 Å². The lowest BCUT2D eigenvalue weighted by atomic mass is 10.0. The monoisotopic (exact) mass is 268 g/mol. The van der Waals surface area contributed by atoms with Crippen molar-refractivity contribution in [3.05, 3.63) is 34.9 Å². The van der Waals surface area contributed by atoms with E-state index in [0.29, 0.717) is 12.5 Å². The van der Waals surface area contributed by atoms with Gasteiger partial charge in [0.25, 0.3) is 5.91 Å². The van der Waals surface area contributed by atoms with Crippen LogP contribution in [0.1, 0.15) is 34.3 Å². The molecule has 0 saturated heterocycles.